The first-order chi connectivity index (χ1) is 29.2. The lowest BCUT2D eigenvalue weighted by Gasteiger charge is -2.27. The van der Waals surface area contributed by atoms with Gasteiger partial charge in [0.1, 0.15) is 11.2 Å². The molecule has 2 heterocycles. The lowest BCUT2D eigenvalue weighted by Crippen LogP contribution is -2.10. The fourth-order valence-electron chi connectivity index (χ4n) is 9.00. The van der Waals surface area contributed by atoms with E-state index >= 15 is 0 Å². The molecule has 0 bridgehead atoms. The summed E-state index contributed by atoms with van der Waals surface area (Å²) >= 11 is 1.86. The maximum absolute atomic E-state index is 6.81. The molecule has 0 unspecified atom stereocenters. The van der Waals surface area contributed by atoms with Crippen molar-refractivity contribution in [3.63, 3.8) is 0 Å². The Morgan fingerprint density at radius 3 is 1.83 bits per heavy atom. The van der Waals surface area contributed by atoms with E-state index in [1.54, 1.807) is 0 Å². The third-order valence-electron chi connectivity index (χ3n) is 11.9. The number of hydrogen-bond donors (Lipinski definition) is 0. The van der Waals surface area contributed by atoms with E-state index in [2.05, 4.69) is 217 Å². The third kappa shape index (κ3) is 5.55. The molecule has 0 aliphatic heterocycles. The molecule has 0 aliphatic carbocycles. The lowest BCUT2D eigenvalue weighted by atomic mass is 9.97. The number of anilines is 3. The van der Waals surface area contributed by atoms with Gasteiger partial charge in [-0.05, 0) is 97.9 Å². The molecule has 0 saturated carbocycles. The van der Waals surface area contributed by atoms with Crippen LogP contribution < -0.4 is 4.90 Å². The Morgan fingerprint density at radius 2 is 1.00 bits per heavy atom. The average molecular weight is 770 g/mol. The van der Waals surface area contributed by atoms with Crippen LogP contribution in [0.2, 0.25) is 0 Å². The summed E-state index contributed by atoms with van der Waals surface area (Å²) in [6.07, 6.45) is 0. The third-order valence-corrected chi connectivity index (χ3v) is 13.1. The van der Waals surface area contributed by atoms with Crippen LogP contribution >= 0.6 is 11.3 Å². The Balaban J connectivity index is 1.08. The van der Waals surface area contributed by atoms with Crippen molar-refractivity contribution < 1.29 is 4.42 Å². The molecule has 0 amide bonds. The van der Waals surface area contributed by atoms with E-state index in [0.717, 1.165) is 50.1 Å². The predicted octanol–water partition coefficient (Wildman–Crippen LogP) is 16.7. The van der Waals surface area contributed by atoms with Crippen molar-refractivity contribution >= 4 is 92.1 Å². The number of hydrogen-bond acceptors (Lipinski definition) is 3. The molecule has 59 heavy (non-hydrogen) atoms. The number of furan rings is 1. The minimum atomic E-state index is 0.875. The highest BCUT2D eigenvalue weighted by Gasteiger charge is 2.24. The minimum Gasteiger partial charge on any atom is -0.455 e. The largest absolute Gasteiger partial charge is 0.455 e. The summed E-state index contributed by atoms with van der Waals surface area (Å²) in [5, 5.41) is 9.76. The molecule has 0 spiro atoms. The van der Waals surface area contributed by atoms with E-state index < -0.39 is 0 Å². The van der Waals surface area contributed by atoms with Crippen LogP contribution in [0, 0.1) is 0 Å². The van der Waals surface area contributed by atoms with E-state index in [-0.39, 0.29) is 0 Å². The van der Waals surface area contributed by atoms with Gasteiger partial charge in [-0.3, -0.25) is 0 Å². The van der Waals surface area contributed by atoms with Crippen molar-refractivity contribution in [2.24, 2.45) is 0 Å². The Hall–Kier alpha value is -7.46. The molecule has 0 N–H and O–H groups in total. The molecular formula is C56H35NOS. The van der Waals surface area contributed by atoms with Crippen molar-refractivity contribution in [3.05, 3.63) is 212 Å². The first-order valence-electron chi connectivity index (χ1n) is 20.1. The molecule has 2 aromatic heterocycles. The van der Waals surface area contributed by atoms with E-state index in [1.165, 1.54) is 64.0 Å². The highest BCUT2D eigenvalue weighted by molar-refractivity contribution is 7.26. The van der Waals surface area contributed by atoms with E-state index in [0.29, 0.717) is 0 Å². The van der Waals surface area contributed by atoms with Gasteiger partial charge < -0.3 is 9.32 Å². The lowest BCUT2D eigenvalue weighted by molar-refractivity contribution is 0.670. The number of benzene rings is 10. The maximum Gasteiger partial charge on any atom is 0.145 e. The van der Waals surface area contributed by atoms with Gasteiger partial charge in [-0.15, -0.1) is 11.3 Å². The van der Waals surface area contributed by atoms with E-state index in [1.807, 2.05) is 11.3 Å². The highest BCUT2D eigenvalue weighted by atomic mass is 32.1. The summed E-state index contributed by atoms with van der Waals surface area (Å²) in [6.45, 7) is 0. The molecule has 276 valence electrons. The predicted molar refractivity (Wildman–Crippen MR) is 253 cm³/mol. The molecule has 0 fully saturated rings. The molecule has 10 aromatic carbocycles. The number of rotatable bonds is 6. The normalized spacial score (nSPS) is 11.7. The van der Waals surface area contributed by atoms with Gasteiger partial charge in [0.2, 0.25) is 0 Å². The van der Waals surface area contributed by atoms with Crippen molar-refractivity contribution in [2.75, 3.05) is 4.90 Å². The molecule has 0 saturated heterocycles. The zero-order chi connectivity index (χ0) is 38.9. The van der Waals surface area contributed by atoms with Crippen LogP contribution in [0.1, 0.15) is 0 Å². The van der Waals surface area contributed by atoms with Gasteiger partial charge in [0.15, 0.2) is 0 Å². The maximum atomic E-state index is 6.81. The molecule has 2 nitrogen and oxygen atoms in total. The summed E-state index contributed by atoms with van der Waals surface area (Å²) in [7, 11) is 0. The second-order valence-corrected chi connectivity index (χ2v) is 16.3. The number of para-hydroxylation sites is 1. The van der Waals surface area contributed by atoms with Crippen molar-refractivity contribution in [2.45, 2.75) is 0 Å². The average Bonchev–Trinajstić information content (AvgIpc) is 3.89. The van der Waals surface area contributed by atoms with E-state index in [4.69, 9.17) is 4.42 Å². The standard InChI is InChI=1S/C56H35NOS/c1-3-12-36(13-4-1)42-28-31-46-47-19-11-20-51(56(47)59-53(46)35-42)57(50-33-32-45(38-14-5-2-6-15-38)55-54(50)48-18-9-10-21-52(48)58-55)43-29-26-37(27-30-43)41-25-24-40-23-22-39-16-7-8-17-44(39)49(40)34-41/h1-35H. The number of fused-ring (bicyclic) bond motifs is 9. The second kappa shape index (κ2) is 13.6. The minimum absolute atomic E-state index is 0.875. The van der Waals surface area contributed by atoms with Crippen LogP contribution in [0.25, 0.3) is 97.0 Å². The smallest absolute Gasteiger partial charge is 0.145 e. The second-order valence-electron chi connectivity index (χ2n) is 15.2. The van der Waals surface area contributed by atoms with Crippen LogP contribution in [0.3, 0.4) is 0 Å². The van der Waals surface area contributed by atoms with Crippen molar-refractivity contribution in [1.29, 1.82) is 0 Å². The van der Waals surface area contributed by atoms with Gasteiger partial charge in [0.05, 0.1) is 21.5 Å². The Morgan fingerprint density at radius 1 is 0.373 bits per heavy atom. The molecule has 0 atom stereocenters. The summed E-state index contributed by atoms with van der Waals surface area (Å²) < 4.78 is 9.32. The van der Waals surface area contributed by atoms with Crippen molar-refractivity contribution in [3.8, 4) is 33.4 Å². The van der Waals surface area contributed by atoms with Crippen LogP contribution in [-0.2, 0) is 0 Å². The van der Waals surface area contributed by atoms with Gasteiger partial charge in [-0.1, -0.05) is 164 Å². The van der Waals surface area contributed by atoms with Crippen LogP contribution in [0.5, 0.6) is 0 Å². The summed E-state index contributed by atoms with van der Waals surface area (Å²) in [5.41, 5.74) is 12.1. The summed E-state index contributed by atoms with van der Waals surface area (Å²) in [5.74, 6) is 0. The number of nitrogens with zero attached hydrogens (tertiary/aromatic N) is 1. The van der Waals surface area contributed by atoms with Crippen LogP contribution in [-0.4, -0.2) is 0 Å². The fraction of sp³-hybridized carbons (Fsp3) is 0. The van der Waals surface area contributed by atoms with Gasteiger partial charge in [0.25, 0.3) is 0 Å². The molecule has 12 aromatic rings. The Labute approximate surface area is 345 Å². The topological polar surface area (TPSA) is 16.4 Å². The molecule has 0 aliphatic rings. The van der Waals surface area contributed by atoms with E-state index in [9.17, 15) is 0 Å². The Bertz CT molecular complexity index is 3550. The molecule has 0 radical (unpaired) electrons. The van der Waals surface area contributed by atoms with Gasteiger partial charge in [-0.2, -0.15) is 0 Å². The molecular weight excluding hydrogens is 735 g/mol. The fourth-order valence-corrected chi connectivity index (χ4v) is 10.2. The first kappa shape index (κ1) is 33.7. The number of thiophene rings is 1. The monoisotopic (exact) mass is 769 g/mol. The SMILES string of the molecule is c1ccc(-c2ccc3c(c2)sc2c(N(c4ccc(-c5ccc6ccc7ccccc7c6c5)cc4)c4ccc(-c5ccccc5)c5oc6ccccc6c45)cccc23)cc1. The Kier molecular flexibility index (Phi) is 7.75. The molecule has 3 heteroatoms. The van der Waals surface area contributed by atoms with Crippen molar-refractivity contribution in [1.82, 2.24) is 0 Å². The summed E-state index contributed by atoms with van der Waals surface area (Å²) in [6, 6.07) is 76.9. The zero-order valence-electron chi connectivity index (χ0n) is 32.0. The zero-order valence-corrected chi connectivity index (χ0v) is 32.8. The quantitative estimate of drug-likeness (QED) is 0.157. The summed E-state index contributed by atoms with van der Waals surface area (Å²) in [4.78, 5) is 2.45. The highest BCUT2D eigenvalue weighted by Crippen LogP contribution is 2.50. The van der Waals surface area contributed by atoms with Gasteiger partial charge >= 0.3 is 0 Å². The van der Waals surface area contributed by atoms with Crippen LogP contribution in [0.4, 0.5) is 17.1 Å². The molecule has 12 rings (SSSR count). The first-order valence-corrected chi connectivity index (χ1v) is 20.9. The van der Waals surface area contributed by atoms with Crippen LogP contribution in [0.15, 0.2) is 217 Å². The van der Waals surface area contributed by atoms with Gasteiger partial charge in [0, 0.05) is 32.1 Å². The van der Waals surface area contributed by atoms with Gasteiger partial charge in [-0.25, -0.2) is 0 Å².